The quantitative estimate of drug-likeness (QED) is 0.619. The van der Waals surface area contributed by atoms with Gasteiger partial charge in [0, 0.05) is 16.3 Å². The molecular formula is C19H12Cl2N2O2. The van der Waals surface area contributed by atoms with E-state index >= 15 is 0 Å². The molecule has 0 spiro atoms. The van der Waals surface area contributed by atoms with Gasteiger partial charge in [0.1, 0.15) is 24.0 Å². The van der Waals surface area contributed by atoms with Crippen LogP contribution >= 0.6 is 23.2 Å². The van der Waals surface area contributed by atoms with Crippen LogP contribution in [0.5, 0.6) is 5.75 Å². The number of amides is 1. The lowest BCUT2D eigenvalue weighted by atomic mass is 10.0. The summed E-state index contributed by atoms with van der Waals surface area (Å²) in [6.07, 6.45) is 3.29. The Morgan fingerprint density at radius 2 is 2.00 bits per heavy atom. The van der Waals surface area contributed by atoms with Crippen molar-refractivity contribution in [1.82, 2.24) is 0 Å². The first-order chi connectivity index (χ1) is 12.1. The second-order valence-electron chi connectivity index (χ2n) is 5.30. The highest BCUT2D eigenvalue weighted by Crippen LogP contribution is 2.36. The Bertz CT molecular complexity index is 928. The van der Waals surface area contributed by atoms with Gasteiger partial charge in [0.25, 0.3) is 5.91 Å². The third-order valence-corrected chi connectivity index (χ3v) is 3.99. The number of nitrogens with zero attached hydrogens (tertiary/aromatic N) is 1. The maximum Gasteiger partial charge on any atom is 0.266 e. The monoisotopic (exact) mass is 370 g/mol. The predicted octanol–water partition coefficient (Wildman–Crippen LogP) is 4.86. The van der Waals surface area contributed by atoms with Crippen LogP contribution < -0.4 is 10.1 Å². The Kier molecular flexibility index (Phi) is 5.08. The molecule has 0 saturated carbocycles. The largest absolute Gasteiger partial charge is 0.487 e. The summed E-state index contributed by atoms with van der Waals surface area (Å²) < 4.78 is 5.62. The van der Waals surface area contributed by atoms with E-state index in [0.717, 1.165) is 0 Å². The molecule has 1 amide bonds. The van der Waals surface area contributed by atoms with Crippen molar-refractivity contribution < 1.29 is 9.53 Å². The molecule has 1 aliphatic rings. The maximum atomic E-state index is 12.3. The molecule has 0 bridgehead atoms. The molecule has 0 fully saturated rings. The maximum absolute atomic E-state index is 12.3. The van der Waals surface area contributed by atoms with Crippen molar-refractivity contribution in [2.75, 3.05) is 11.9 Å². The molecule has 1 aliphatic heterocycles. The Morgan fingerprint density at radius 1 is 1.24 bits per heavy atom. The molecule has 0 aromatic heterocycles. The van der Waals surface area contributed by atoms with Gasteiger partial charge in [-0.05, 0) is 42.0 Å². The van der Waals surface area contributed by atoms with Crippen LogP contribution in [0.3, 0.4) is 0 Å². The van der Waals surface area contributed by atoms with Crippen LogP contribution in [0.15, 0.2) is 59.7 Å². The van der Waals surface area contributed by atoms with Crippen molar-refractivity contribution in [3.63, 3.8) is 0 Å². The van der Waals surface area contributed by atoms with E-state index in [4.69, 9.17) is 27.9 Å². The fraction of sp³-hybridized carbons (Fsp3) is 0.0526. The number of rotatable bonds is 3. The third kappa shape index (κ3) is 4.03. The van der Waals surface area contributed by atoms with Crippen LogP contribution in [0.2, 0.25) is 10.0 Å². The van der Waals surface area contributed by atoms with Crippen molar-refractivity contribution in [2.24, 2.45) is 0 Å². The summed E-state index contributed by atoms with van der Waals surface area (Å²) in [6, 6.07) is 14.2. The number of ether oxygens (including phenoxy) is 1. The van der Waals surface area contributed by atoms with E-state index in [0.29, 0.717) is 32.6 Å². The fourth-order valence-electron chi connectivity index (χ4n) is 2.37. The minimum Gasteiger partial charge on any atom is -0.487 e. The molecular weight excluding hydrogens is 359 g/mol. The lowest BCUT2D eigenvalue weighted by Gasteiger charge is -2.18. The van der Waals surface area contributed by atoms with E-state index in [9.17, 15) is 10.1 Å². The van der Waals surface area contributed by atoms with Crippen LogP contribution in [0.1, 0.15) is 5.56 Å². The standard InChI is InChI=1S/C19H12Cl2N2O2/c20-15-8-13-6-12(11-25-18(13)17(21)9-15)7-14(10-22)19(24)23-16-4-2-1-3-5-16/h1-9H,11H2,(H,23,24)/b14-7-. The topological polar surface area (TPSA) is 62.1 Å². The Morgan fingerprint density at radius 3 is 2.72 bits per heavy atom. The SMILES string of the molecule is N#C/C(=C/C1=Cc2cc(Cl)cc(Cl)c2OC1)C(=O)Nc1ccccc1. The Labute approximate surface area is 154 Å². The van der Waals surface area contributed by atoms with Gasteiger partial charge in [-0.15, -0.1) is 0 Å². The van der Waals surface area contributed by atoms with Crippen molar-refractivity contribution in [3.05, 3.63) is 75.3 Å². The van der Waals surface area contributed by atoms with Gasteiger partial charge < -0.3 is 10.1 Å². The molecule has 0 aliphatic carbocycles. The van der Waals surface area contributed by atoms with Gasteiger partial charge in [0.15, 0.2) is 0 Å². The van der Waals surface area contributed by atoms with Crippen molar-refractivity contribution in [2.45, 2.75) is 0 Å². The van der Waals surface area contributed by atoms with Gasteiger partial charge in [-0.3, -0.25) is 4.79 Å². The molecule has 1 heterocycles. The number of nitriles is 1. The average molecular weight is 371 g/mol. The van der Waals surface area contributed by atoms with Crippen LogP contribution in [0, 0.1) is 11.3 Å². The highest BCUT2D eigenvalue weighted by Gasteiger charge is 2.17. The molecule has 0 radical (unpaired) electrons. The first-order valence-corrected chi connectivity index (χ1v) is 8.13. The molecule has 0 unspecified atom stereocenters. The van der Waals surface area contributed by atoms with Crippen LogP contribution in [-0.2, 0) is 4.79 Å². The van der Waals surface area contributed by atoms with Crippen molar-refractivity contribution >= 4 is 40.9 Å². The Hall–Kier alpha value is -2.74. The van der Waals surface area contributed by atoms with E-state index in [1.54, 1.807) is 42.5 Å². The number of nitrogens with one attached hydrogen (secondary N) is 1. The van der Waals surface area contributed by atoms with E-state index in [1.165, 1.54) is 6.08 Å². The minimum absolute atomic E-state index is 0.0183. The second kappa shape index (κ2) is 7.43. The number of benzene rings is 2. The highest BCUT2D eigenvalue weighted by molar-refractivity contribution is 6.36. The highest BCUT2D eigenvalue weighted by atomic mass is 35.5. The molecule has 2 aromatic rings. The summed E-state index contributed by atoms with van der Waals surface area (Å²) in [5.74, 6) is 0.0555. The number of carbonyl (C=O) groups is 1. The van der Waals surface area contributed by atoms with Gasteiger partial charge in [0.05, 0.1) is 5.02 Å². The van der Waals surface area contributed by atoms with Crippen LogP contribution in [-0.4, -0.2) is 12.5 Å². The van der Waals surface area contributed by atoms with E-state index in [2.05, 4.69) is 5.32 Å². The summed E-state index contributed by atoms with van der Waals surface area (Å²) in [7, 11) is 0. The van der Waals surface area contributed by atoms with Gasteiger partial charge in [-0.2, -0.15) is 5.26 Å². The molecule has 0 atom stereocenters. The molecule has 1 N–H and O–H groups in total. The van der Waals surface area contributed by atoms with Gasteiger partial charge >= 0.3 is 0 Å². The average Bonchev–Trinajstić information content (AvgIpc) is 2.60. The molecule has 2 aromatic carbocycles. The minimum atomic E-state index is -0.482. The van der Waals surface area contributed by atoms with Crippen LogP contribution in [0.4, 0.5) is 5.69 Å². The normalized spacial score (nSPS) is 13.2. The molecule has 6 heteroatoms. The lowest BCUT2D eigenvalue weighted by molar-refractivity contribution is -0.112. The number of carbonyl (C=O) groups excluding carboxylic acids is 1. The van der Waals surface area contributed by atoms with Crippen molar-refractivity contribution in [3.8, 4) is 11.8 Å². The smallest absolute Gasteiger partial charge is 0.266 e. The zero-order valence-corrected chi connectivity index (χ0v) is 14.4. The zero-order chi connectivity index (χ0) is 17.8. The first-order valence-electron chi connectivity index (χ1n) is 7.37. The zero-order valence-electron chi connectivity index (χ0n) is 12.9. The summed E-state index contributed by atoms with van der Waals surface area (Å²) in [5, 5.41) is 12.9. The Balaban J connectivity index is 1.86. The number of anilines is 1. The molecule has 3 rings (SSSR count). The summed E-state index contributed by atoms with van der Waals surface area (Å²) in [5.41, 5.74) is 1.98. The second-order valence-corrected chi connectivity index (χ2v) is 6.15. The van der Waals surface area contributed by atoms with E-state index < -0.39 is 5.91 Å². The van der Waals surface area contributed by atoms with Crippen LogP contribution in [0.25, 0.3) is 6.08 Å². The first kappa shape index (κ1) is 17.1. The third-order valence-electron chi connectivity index (χ3n) is 3.49. The van der Waals surface area contributed by atoms with Gasteiger partial charge in [-0.1, -0.05) is 41.4 Å². The summed E-state index contributed by atoms with van der Waals surface area (Å²) in [4.78, 5) is 12.3. The fourth-order valence-corrected chi connectivity index (χ4v) is 2.94. The molecule has 124 valence electrons. The number of fused-ring (bicyclic) bond motifs is 1. The van der Waals surface area contributed by atoms with Gasteiger partial charge in [-0.25, -0.2) is 0 Å². The molecule has 0 saturated heterocycles. The van der Waals surface area contributed by atoms with Crippen molar-refractivity contribution in [1.29, 1.82) is 5.26 Å². The molecule has 25 heavy (non-hydrogen) atoms. The number of para-hydroxylation sites is 1. The van der Waals surface area contributed by atoms with E-state index in [-0.39, 0.29) is 12.2 Å². The van der Waals surface area contributed by atoms with E-state index in [1.807, 2.05) is 12.1 Å². The summed E-state index contributed by atoms with van der Waals surface area (Å²) >= 11 is 12.1. The van der Waals surface area contributed by atoms with Gasteiger partial charge in [0.2, 0.25) is 0 Å². The number of hydrogen-bond donors (Lipinski definition) is 1. The predicted molar refractivity (Wildman–Crippen MR) is 98.7 cm³/mol. The molecule has 4 nitrogen and oxygen atoms in total. The lowest BCUT2D eigenvalue weighted by Crippen LogP contribution is -2.15. The number of hydrogen-bond acceptors (Lipinski definition) is 3. The number of halogens is 2. The summed E-state index contributed by atoms with van der Waals surface area (Å²) in [6.45, 7) is 0.206.